The number of hydrogen-bond acceptors (Lipinski definition) is 8. The maximum Gasteiger partial charge on any atom is 0.119 e. The van der Waals surface area contributed by atoms with Gasteiger partial charge in [-0.2, -0.15) is 5.26 Å². The summed E-state index contributed by atoms with van der Waals surface area (Å²) >= 11 is 13.1. The first-order valence-electron chi connectivity index (χ1n) is 14.9. The van der Waals surface area contributed by atoms with E-state index < -0.39 is 5.44 Å². The minimum Gasteiger partial charge on any atom is -0.383 e. The zero-order valence-corrected chi connectivity index (χ0v) is 26.4. The third-order valence-corrected chi connectivity index (χ3v) is 8.99. The average Bonchev–Trinajstić information content (AvgIpc) is 3.71. The fourth-order valence-corrected chi connectivity index (χ4v) is 6.28. The van der Waals surface area contributed by atoms with E-state index in [1.807, 2.05) is 36.4 Å². The largest absolute Gasteiger partial charge is 0.383 e. The fraction of sp³-hybridized carbons (Fsp3) is 0.438. The molecule has 1 saturated carbocycles. The van der Waals surface area contributed by atoms with Gasteiger partial charge >= 0.3 is 0 Å². The molecular weight excluding hydrogens is 578 g/mol. The topological polar surface area (TPSA) is 91.3 Å². The van der Waals surface area contributed by atoms with E-state index in [2.05, 4.69) is 69.5 Å². The third kappa shape index (κ3) is 6.39. The molecule has 2 fully saturated rings. The second-order valence-electron chi connectivity index (χ2n) is 13.1. The molecule has 1 aromatic heterocycles. The number of piperidine rings is 1. The molecule has 1 atom stereocenters. The van der Waals surface area contributed by atoms with Gasteiger partial charge < -0.3 is 21.0 Å². The van der Waals surface area contributed by atoms with E-state index in [-0.39, 0.29) is 5.41 Å². The molecule has 3 aromatic rings. The Morgan fingerprint density at radius 3 is 2.44 bits per heavy atom. The zero-order valence-electron chi connectivity index (χ0n) is 24.8. The summed E-state index contributed by atoms with van der Waals surface area (Å²) in [4.78, 5) is 7.13. The van der Waals surface area contributed by atoms with Gasteiger partial charge in [0.15, 0.2) is 0 Å². The van der Waals surface area contributed by atoms with Crippen molar-refractivity contribution in [1.82, 2.24) is 25.9 Å². The van der Waals surface area contributed by atoms with Crippen LogP contribution in [0.4, 0.5) is 11.4 Å². The minimum absolute atomic E-state index is 0.00300. The molecule has 1 saturated heterocycles. The number of halogens is 2. The summed E-state index contributed by atoms with van der Waals surface area (Å²) in [5.41, 5.74) is 9.54. The number of hydrogen-bond donors (Lipinski definition) is 4. The Morgan fingerprint density at radius 1 is 1.07 bits per heavy atom. The highest BCUT2D eigenvalue weighted by molar-refractivity contribution is 6.36. The lowest BCUT2D eigenvalue weighted by atomic mass is 9.69. The maximum atomic E-state index is 9.88. The molecule has 2 aromatic carbocycles. The van der Waals surface area contributed by atoms with Crippen molar-refractivity contribution in [3.63, 3.8) is 0 Å². The van der Waals surface area contributed by atoms with Gasteiger partial charge in [0.1, 0.15) is 13.9 Å². The Labute approximate surface area is 265 Å². The molecule has 0 spiro atoms. The SMILES string of the molecule is [B]C(Nc1cc(Cl)c2ncc(C#N)c(NCC(C)(C)C)c2c1)(C1=CN(C2CCN(C3CC3)CC2)NN1)c1ccc(Cl)cc1. The van der Waals surface area contributed by atoms with Crippen molar-refractivity contribution in [3.05, 3.63) is 75.7 Å². The van der Waals surface area contributed by atoms with Crippen molar-refractivity contribution in [1.29, 1.82) is 5.26 Å². The van der Waals surface area contributed by atoms with Crippen molar-refractivity contribution in [2.24, 2.45) is 5.41 Å². The molecule has 0 amide bonds. The molecule has 8 nitrogen and oxygen atoms in total. The van der Waals surface area contributed by atoms with Crippen molar-refractivity contribution < 1.29 is 0 Å². The van der Waals surface area contributed by atoms with E-state index in [0.717, 1.165) is 48.6 Å². The molecule has 2 aliphatic heterocycles. The van der Waals surface area contributed by atoms with E-state index in [0.29, 0.717) is 45.1 Å². The van der Waals surface area contributed by atoms with Crippen LogP contribution in [-0.2, 0) is 5.44 Å². The number of fused-ring (bicyclic) bond motifs is 1. The molecule has 3 heterocycles. The number of benzene rings is 2. The summed E-state index contributed by atoms with van der Waals surface area (Å²) in [6, 6.07) is 14.7. The second kappa shape index (κ2) is 11.7. The molecule has 43 heavy (non-hydrogen) atoms. The van der Waals surface area contributed by atoms with Crippen LogP contribution < -0.4 is 21.6 Å². The number of pyridine rings is 1. The number of likely N-dealkylation sites (tertiary alicyclic amines) is 1. The number of rotatable bonds is 8. The van der Waals surface area contributed by atoms with Gasteiger partial charge in [-0.3, -0.25) is 9.99 Å². The van der Waals surface area contributed by atoms with Gasteiger partial charge in [0.25, 0.3) is 0 Å². The van der Waals surface area contributed by atoms with Crippen LogP contribution in [0.3, 0.4) is 0 Å². The van der Waals surface area contributed by atoms with E-state index in [1.54, 1.807) is 6.20 Å². The van der Waals surface area contributed by atoms with Crippen molar-refractivity contribution >= 4 is 53.3 Å². The Kier molecular flexibility index (Phi) is 8.16. The summed E-state index contributed by atoms with van der Waals surface area (Å²) in [6.45, 7) is 9.31. The summed E-state index contributed by atoms with van der Waals surface area (Å²) in [5, 5.41) is 20.9. The monoisotopic (exact) mass is 614 g/mol. The normalized spacial score (nSPS) is 19.4. The van der Waals surface area contributed by atoms with E-state index in [4.69, 9.17) is 31.0 Å². The van der Waals surface area contributed by atoms with Crippen molar-refractivity contribution in [2.45, 2.75) is 64.0 Å². The highest BCUT2D eigenvalue weighted by atomic mass is 35.5. The number of hydrazine groups is 2. The van der Waals surface area contributed by atoms with Gasteiger partial charge in [-0.1, -0.05) is 56.1 Å². The Morgan fingerprint density at radius 2 is 1.79 bits per heavy atom. The van der Waals surface area contributed by atoms with Gasteiger partial charge in [-0.15, -0.1) is 5.53 Å². The highest BCUT2D eigenvalue weighted by Gasteiger charge is 2.38. The van der Waals surface area contributed by atoms with Gasteiger partial charge in [0.05, 0.1) is 32.9 Å². The zero-order chi connectivity index (χ0) is 30.4. The number of nitrogens with one attached hydrogen (secondary N) is 4. The second-order valence-corrected chi connectivity index (χ2v) is 13.9. The predicted molar refractivity (Wildman–Crippen MR) is 176 cm³/mol. The lowest BCUT2D eigenvalue weighted by Gasteiger charge is -2.36. The Balaban J connectivity index is 1.35. The first-order chi connectivity index (χ1) is 20.5. The number of nitrogens with zero attached hydrogens (tertiary/aromatic N) is 4. The minimum atomic E-state index is -1.17. The fourth-order valence-electron chi connectivity index (χ4n) is 5.89. The number of aromatic nitrogens is 1. The lowest BCUT2D eigenvalue weighted by Crippen LogP contribution is -2.50. The Bertz CT molecular complexity index is 1570. The third-order valence-electron chi connectivity index (χ3n) is 8.45. The van der Waals surface area contributed by atoms with Crippen LogP contribution in [0.5, 0.6) is 0 Å². The maximum absolute atomic E-state index is 9.88. The van der Waals surface area contributed by atoms with Crippen LogP contribution in [-0.4, -0.2) is 54.5 Å². The van der Waals surface area contributed by atoms with E-state index >= 15 is 0 Å². The highest BCUT2D eigenvalue weighted by Crippen LogP contribution is 2.38. The molecular formula is C32H37BCl2N8. The molecule has 6 rings (SSSR count). The summed E-state index contributed by atoms with van der Waals surface area (Å²) in [7, 11) is 7.29. The van der Waals surface area contributed by atoms with Crippen LogP contribution >= 0.6 is 23.2 Å². The molecule has 1 unspecified atom stereocenters. The molecule has 2 radical (unpaired) electrons. The summed E-state index contributed by atoms with van der Waals surface area (Å²) in [6.07, 6.45) is 8.46. The molecule has 3 aliphatic rings. The van der Waals surface area contributed by atoms with Crippen LogP contribution in [0.2, 0.25) is 10.0 Å². The molecule has 11 heteroatoms. The quantitative estimate of drug-likeness (QED) is 0.226. The van der Waals surface area contributed by atoms with E-state index in [9.17, 15) is 5.26 Å². The average molecular weight is 615 g/mol. The molecule has 0 bridgehead atoms. The Hall–Kier alpha value is -3.16. The van der Waals surface area contributed by atoms with Gasteiger partial charge in [-0.05, 0) is 60.9 Å². The first-order valence-corrected chi connectivity index (χ1v) is 15.7. The summed E-state index contributed by atoms with van der Waals surface area (Å²) < 4.78 is 0. The van der Waals surface area contributed by atoms with Crippen molar-refractivity contribution in [3.8, 4) is 6.07 Å². The number of anilines is 2. The van der Waals surface area contributed by atoms with Crippen LogP contribution in [0.25, 0.3) is 10.9 Å². The van der Waals surface area contributed by atoms with Gasteiger partial charge in [-0.25, -0.2) is 0 Å². The lowest BCUT2D eigenvalue weighted by molar-refractivity contribution is 0.105. The van der Waals surface area contributed by atoms with Crippen molar-refractivity contribution in [2.75, 3.05) is 30.3 Å². The molecule has 222 valence electrons. The van der Waals surface area contributed by atoms with Crippen LogP contribution in [0.1, 0.15) is 57.6 Å². The first kappa shape index (κ1) is 29.9. The predicted octanol–water partition coefficient (Wildman–Crippen LogP) is 6.10. The van der Waals surface area contributed by atoms with Crippen LogP contribution in [0, 0.1) is 16.7 Å². The van der Waals surface area contributed by atoms with E-state index in [1.165, 1.54) is 12.8 Å². The van der Waals surface area contributed by atoms with Crippen LogP contribution in [0.15, 0.2) is 54.5 Å². The molecule has 1 aliphatic carbocycles. The van der Waals surface area contributed by atoms with Gasteiger partial charge in [0, 0.05) is 60.2 Å². The number of nitriles is 1. The summed E-state index contributed by atoms with van der Waals surface area (Å²) in [5.74, 6) is 0. The molecule has 4 N–H and O–H groups in total. The standard InChI is InChI=1S/C32H37BCl2N8/c1-31(2,3)19-38-29-20(16-36)17-37-30-26(29)14-23(15-27(30)35)39-32(33,21-4-6-22(34)7-5-21)28-18-43(41-40-28)25-10-12-42(13-11-25)24-8-9-24/h4-7,14-15,17-18,24-25,39-41H,8-13,19H2,1-3H3,(H,37,38). The smallest absolute Gasteiger partial charge is 0.119 e. The van der Waals surface area contributed by atoms with Gasteiger partial charge in [0.2, 0.25) is 0 Å².